The van der Waals surface area contributed by atoms with Gasteiger partial charge in [0, 0.05) is 53.3 Å². The van der Waals surface area contributed by atoms with E-state index in [1.165, 1.54) is 83.6 Å². The van der Waals surface area contributed by atoms with Gasteiger partial charge in [-0.25, -0.2) is 8.42 Å². The maximum atomic E-state index is 13.2. The molecule has 7 aliphatic heterocycles. The summed E-state index contributed by atoms with van der Waals surface area (Å²) >= 11 is 29.1. The van der Waals surface area contributed by atoms with Gasteiger partial charge in [0.1, 0.15) is 0 Å². The minimum Gasteiger partial charge on any atom is -0.344 e. The molecule has 1 aromatic heterocycles. The second kappa shape index (κ2) is 48.5. The molecule has 18 rings (SSSR count). The van der Waals surface area contributed by atoms with Gasteiger partial charge < -0.3 is 46.6 Å². The Bertz CT molecular complexity index is 5690. The van der Waals surface area contributed by atoms with E-state index in [4.69, 9.17) is 46.4 Å². The second-order valence-electron chi connectivity index (χ2n) is 35.6. The highest BCUT2D eigenvalue weighted by Crippen LogP contribution is 2.43. The molecule has 8 fully saturated rings. The minimum atomic E-state index is -4.61. The lowest BCUT2D eigenvalue weighted by molar-refractivity contribution is -0.138. The summed E-state index contributed by atoms with van der Waals surface area (Å²) in [4.78, 5) is 74.8. The normalized spacial score (nSPS) is 21.0. The molecule has 0 radical (unpaired) electrons. The number of likely N-dealkylation sites (tertiary alicyclic amines) is 3. The number of nitrogens with zero attached hydrogens (tertiary/aromatic N) is 5. The van der Waals surface area contributed by atoms with Gasteiger partial charge in [-0.15, -0.1) is 11.3 Å². The van der Waals surface area contributed by atoms with E-state index in [0.717, 1.165) is 156 Å². The quantitative estimate of drug-likeness (QED) is 0.0331. The second-order valence-corrected chi connectivity index (χ2v) is 40.9. The number of rotatable bonds is 23. The van der Waals surface area contributed by atoms with Crippen molar-refractivity contribution in [3.05, 3.63) is 333 Å². The fourth-order valence-corrected chi connectivity index (χ4v) is 23.2. The summed E-state index contributed by atoms with van der Waals surface area (Å²) in [5, 5.41) is 20.4. The van der Waals surface area contributed by atoms with Gasteiger partial charge >= 0.3 is 12.4 Å². The number of halogens is 11. The van der Waals surface area contributed by atoms with Crippen molar-refractivity contribution in [1.82, 2.24) is 55.8 Å². The number of thiophene rings is 1. The van der Waals surface area contributed by atoms with Crippen LogP contribution in [0.15, 0.2) is 251 Å². The summed E-state index contributed by atoms with van der Waals surface area (Å²) in [6, 6.07) is 70.2. The molecule has 31 heteroatoms. The standard InChI is InChI=1S/C24H30BrN3O3S.C22H22ClF3N2O.C20H22Cl2N2O.C20H20ClF3N2O.C18H22N2OS/c1-27-15-7-6-10-21(27)23(17-8-4-3-5-9-17)26-24(29)18-11-14-22(20(25)16-18)32(30,31)28(2)19-12-13-19;23-19-16(7-4-8-17(19)22(24,25)26)21(29)27-20(15-5-2-1-3-6-15)18-13-14-9-11-28(18)12-10-14;1-24-13-6-5-12-17(24)19(14-8-3-2-4-9-14)23-20(25)15-10-7-11-16(21)18(15)22;21-17-14(9-6-10-15(17)20(22,23)24)19(27)26-18(13-7-2-1-3-8-13)16-11-4-5-12-25-16;1-20-12-6-5-10-15(20)17(14-8-3-2-4-9-14)19-18(21)16-11-7-13-22-16/h3-5,8-9,11,14,16,19,21,23H,6-7,10,12-13,15H2,1-2H3,(H,26,29);1-8,14,18,20H,9-13H2,(H,27,29);2-4,7-11,17,19H,5-6,12-13H2,1H3,(H,23,25);1-3,6-10,16,18,25H,4-5,11-12H2,(H,26,27);2-4,7-9,11,13,15,17H,5-6,10,12H2,1H3,(H,19,21)/t;18-,20-;17-,19-;;/m.00../s1. The SMILES string of the molecule is CN1CCCCC1C(NC(=O)c1ccc(S(=O)(=O)N(C)C2CC2)c(Br)c1)c1ccccc1.CN1CCCCC1C(NC(=O)c1cccs1)c1ccccc1.CN1CCCC[C@H]1[C@@H](NC(=O)c1cccc(Cl)c1Cl)c1ccccc1.O=C(NC(c1ccccc1)C1CCCCN1)c1cccc(C(F)(F)F)c1Cl.O=C(N[C@@H](c1ccccc1)[C@@H]1CC2CCN1CC2)c1cccc(C(F)(F)F)c1Cl. The molecule has 8 heterocycles. The van der Waals surface area contributed by atoms with Gasteiger partial charge in [0.2, 0.25) is 10.0 Å². The first-order valence-corrected chi connectivity index (χ1v) is 50.8. The molecule has 9 aromatic carbocycles. The molecule has 135 heavy (non-hydrogen) atoms. The average Bonchev–Trinajstić information content (AvgIpc) is 1.71. The third-order valence-electron chi connectivity index (χ3n) is 26.6. The van der Waals surface area contributed by atoms with Crippen molar-refractivity contribution >= 4 is 113 Å². The largest absolute Gasteiger partial charge is 0.417 e. The number of hydrogen-bond donors (Lipinski definition) is 6. The molecule has 6 unspecified atom stereocenters. The zero-order valence-electron chi connectivity index (χ0n) is 75.9. The molecule has 8 aliphatic rings. The summed E-state index contributed by atoms with van der Waals surface area (Å²) in [7, 11) is 4.42. The van der Waals surface area contributed by atoms with Gasteiger partial charge in [-0.2, -0.15) is 30.6 Å². The van der Waals surface area contributed by atoms with Crippen LogP contribution in [-0.2, 0) is 22.4 Å². The number of alkyl halides is 6. The molecule has 18 nitrogen and oxygen atoms in total. The highest BCUT2D eigenvalue weighted by molar-refractivity contribution is 9.10. The lowest BCUT2D eigenvalue weighted by Crippen LogP contribution is -2.54. The number of benzene rings is 9. The Morgan fingerprint density at radius 3 is 1.18 bits per heavy atom. The van der Waals surface area contributed by atoms with E-state index in [-0.39, 0.29) is 94.2 Å². The van der Waals surface area contributed by atoms with Crippen LogP contribution in [0.3, 0.4) is 0 Å². The van der Waals surface area contributed by atoms with Crippen molar-refractivity contribution in [2.75, 3.05) is 67.5 Å². The molecular weight excluding hydrogens is 1920 g/mol. The fraction of sp³-hybridized carbons (Fsp3) is 0.394. The third kappa shape index (κ3) is 27.3. The minimum absolute atomic E-state index is 0.00896. The summed E-state index contributed by atoms with van der Waals surface area (Å²) in [5.74, 6) is -0.948. The highest BCUT2D eigenvalue weighted by atomic mass is 79.9. The summed E-state index contributed by atoms with van der Waals surface area (Å²) in [6.45, 7) is 5.97. The number of carbonyl (C=O) groups excluding carboxylic acids is 5. The lowest BCUT2D eigenvalue weighted by Gasteiger charge is -2.48. The van der Waals surface area contributed by atoms with E-state index in [1.807, 2.05) is 145 Å². The molecule has 0 spiro atoms. The Labute approximate surface area is 820 Å². The van der Waals surface area contributed by atoms with Crippen LogP contribution < -0.4 is 31.9 Å². The Morgan fingerprint density at radius 1 is 0.422 bits per heavy atom. The molecule has 2 bridgehead atoms. The van der Waals surface area contributed by atoms with Crippen molar-refractivity contribution in [3.63, 3.8) is 0 Å². The summed E-state index contributed by atoms with van der Waals surface area (Å²) in [5.41, 5.74) is 3.71. The molecular formula is C104H116BrCl4F6N11O7S2. The number of fused-ring (bicyclic) bond motifs is 3. The Kier molecular flexibility index (Phi) is 37.1. The van der Waals surface area contributed by atoms with E-state index in [2.05, 4.69) is 113 Å². The maximum Gasteiger partial charge on any atom is 0.417 e. The number of amides is 5. The Morgan fingerprint density at radius 2 is 0.807 bits per heavy atom. The van der Waals surface area contributed by atoms with Gasteiger partial charge in [-0.1, -0.05) is 248 Å². The fourth-order valence-electron chi connectivity index (χ4n) is 19.1. The lowest BCUT2D eigenvalue weighted by atomic mass is 9.79. The average molecular weight is 2030 g/mol. The third-order valence-corrected chi connectivity index (χ3v) is 32.0. The number of hydrogen-bond acceptors (Lipinski definition) is 13. The van der Waals surface area contributed by atoms with Crippen LogP contribution in [0.2, 0.25) is 20.1 Å². The van der Waals surface area contributed by atoms with Gasteiger partial charge in [0.05, 0.1) is 87.9 Å². The first-order chi connectivity index (χ1) is 64.8. The maximum absolute atomic E-state index is 13.2. The molecule has 10 aromatic rings. The molecule has 6 N–H and O–H groups in total. The predicted octanol–water partition coefficient (Wildman–Crippen LogP) is 23.1. The molecule has 10 atom stereocenters. The molecule has 1 aliphatic carbocycles. The van der Waals surface area contributed by atoms with E-state index in [0.29, 0.717) is 37.6 Å². The van der Waals surface area contributed by atoms with Crippen LogP contribution in [0.5, 0.6) is 0 Å². The van der Waals surface area contributed by atoms with Gasteiger partial charge in [0.25, 0.3) is 29.5 Å². The van der Waals surface area contributed by atoms with Gasteiger partial charge in [0.15, 0.2) is 0 Å². The van der Waals surface area contributed by atoms with Gasteiger partial charge in [-0.05, 0) is 260 Å². The van der Waals surface area contributed by atoms with E-state index >= 15 is 0 Å². The first-order valence-electron chi connectivity index (χ1n) is 46.2. The first kappa shape index (κ1) is 103. The van der Waals surface area contributed by atoms with Crippen molar-refractivity contribution in [2.45, 2.75) is 193 Å². The van der Waals surface area contributed by atoms with E-state index in [9.17, 15) is 58.7 Å². The van der Waals surface area contributed by atoms with Crippen LogP contribution in [0.4, 0.5) is 26.3 Å². The Balaban J connectivity index is 0.000000144. The number of piperidine rings is 7. The predicted molar refractivity (Wildman–Crippen MR) is 528 cm³/mol. The molecule has 7 saturated heterocycles. The van der Waals surface area contributed by atoms with Crippen molar-refractivity contribution < 1.29 is 58.7 Å². The topological polar surface area (TPSA) is 208 Å². The zero-order chi connectivity index (χ0) is 96.1. The van der Waals surface area contributed by atoms with Crippen molar-refractivity contribution in [1.29, 1.82) is 0 Å². The van der Waals surface area contributed by atoms with Crippen LogP contribution in [-0.4, -0.2) is 166 Å². The van der Waals surface area contributed by atoms with Crippen LogP contribution in [0.25, 0.3) is 0 Å². The summed E-state index contributed by atoms with van der Waals surface area (Å²) in [6.07, 6.45) is 9.16. The van der Waals surface area contributed by atoms with E-state index < -0.39 is 55.4 Å². The number of sulfonamides is 1. The van der Waals surface area contributed by atoms with Crippen molar-refractivity contribution in [2.24, 2.45) is 5.92 Å². The number of carbonyl (C=O) groups is 5. The molecule has 1 saturated carbocycles. The number of nitrogens with one attached hydrogen (secondary N) is 6. The van der Waals surface area contributed by atoms with E-state index in [1.54, 1.807) is 37.4 Å². The van der Waals surface area contributed by atoms with Gasteiger partial charge in [-0.3, -0.25) is 28.9 Å². The smallest absolute Gasteiger partial charge is 0.344 e. The van der Waals surface area contributed by atoms with Crippen LogP contribution >= 0.6 is 73.7 Å². The van der Waals surface area contributed by atoms with Crippen molar-refractivity contribution in [3.8, 4) is 0 Å². The molecule has 5 amide bonds. The van der Waals surface area contributed by atoms with Crippen LogP contribution in [0.1, 0.15) is 229 Å². The zero-order valence-corrected chi connectivity index (χ0v) is 82.1. The molecule has 718 valence electrons. The van der Waals surface area contributed by atoms with Crippen LogP contribution in [0, 0.1) is 5.92 Å². The number of likely N-dealkylation sites (N-methyl/N-ethyl adjacent to an activating group) is 3. The monoisotopic (exact) mass is 2030 g/mol. The summed E-state index contributed by atoms with van der Waals surface area (Å²) < 4.78 is 106. The highest BCUT2D eigenvalue weighted by Gasteiger charge is 2.43. The Hall–Kier alpha value is -9.04.